The molecule has 3 nitrogen and oxygen atoms in total. The van der Waals surface area contributed by atoms with Crippen LogP contribution in [0.5, 0.6) is 0 Å². The Labute approximate surface area is 120 Å². The SMILES string of the molecule is C=CCN(C(=S)NCc1ccco1)C1CCCCC1. The highest BCUT2D eigenvalue weighted by Gasteiger charge is 2.22. The summed E-state index contributed by atoms with van der Waals surface area (Å²) in [6.07, 6.45) is 10.0. The topological polar surface area (TPSA) is 28.4 Å². The number of hydrogen-bond acceptors (Lipinski definition) is 2. The zero-order valence-corrected chi connectivity index (χ0v) is 12.1. The average Bonchev–Trinajstić information content (AvgIpc) is 2.96. The lowest BCUT2D eigenvalue weighted by atomic mass is 9.94. The molecule has 0 amide bonds. The van der Waals surface area contributed by atoms with Gasteiger partial charge in [-0.25, -0.2) is 0 Å². The number of nitrogens with zero attached hydrogens (tertiary/aromatic N) is 1. The van der Waals surface area contributed by atoms with Gasteiger partial charge in [0.05, 0.1) is 12.8 Å². The number of furan rings is 1. The van der Waals surface area contributed by atoms with Crippen LogP contribution in [0.1, 0.15) is 37.9 Å². The summed E-state index contributed by atoms with van der Waals surface area (Å²) in [6, 6.07) is 4.40. The third-order valence-corrected chi connectivity index (χ3v) is 3.97. The number of thiocarbonyl (C=S) groups is 1. The Morgan fingerprint density at radius 2 is 2.26 bits per heavy atom. The molecule has 0 aromatic carbocycles. The first kappa shape index (κ1) is 14.1. The van der Waals surface area contributed by atoms with Crippen LogP contribution in [-0.2, 0) is 6.54 Å². The van der Waals surface area contributed by atoms with Gasteiger partial charge in [-0.2, -0.15) is 0 Å². The monoisotopic (exact) mass is 278 g/mol. The predicted octanol–water partition coefficient (Wildman–Crippen LogP) is 3.47. The van der Waals surface area contributed by atoms with Crippen molar-refractivity contribution in [2.45, 2.75) is 44.7 Å². The molecule has 1 aliphatic rings. The van der Waals surface area contributed by atoms with Crippen molar-refractivity contribution in [3.63, 3.8) is 0 Å². The Bertz CT molecular complexity index is 396. The molecule has 0 saturated heterocycles. The molecule has 1 N–H and O–H groups in total. The summed E-state index contributed by atoms with van der Waals surface area (Å²) in [5, 5.41) is 4.09. The molecule has 1 saturated carbocycles. The molecule has 4 heteroatoms. The Morgan fingerprint density at radius 3 is 2.89 bits per heavy atom. The Balaban J connectivity index is 1.89. The van der Waals surface area contributed by atoms with E-state index in [4.69, 9.17) is 16.6 Å². The first-order chi connectivity index (χ1) is 9.31. The molecule has 0 bridgehead atoms. The van der Waals surface area contributed by atoms with Gasteiger partial charge in [0.2, 0.25) is 0 Å². The molecule has 104 valence electrons. The Morgan fingerprint density at radius 1 is 1.47 bits per heavy atom. The molecule has 1 heterocycles. The van der Waals surface area contributed by atoms with Crippen LogP contribution in [0.25, 0.3) is 0 Å². The zero-order valence-electron chi connectivity index (χ0n) is 11.3. The van der Waals surface area contributed by atoms with Gasteiger partial charge in [-0.3, -0.25) is 0 Å². The molecular formula is C15H22N2OS. The molecule has 2 rings (SSSR count). The number of rotatable bonds is 5. The fraction of sp³-hybridized carbons (Fsp3) is 0.533. The van der Waals surface area contributed by atoms with Gasteiger partial charge in [0, 0.05) is 12.6 Å². The van der Waals surface area contributed by atoms with E-state index in [-0.39, 0.29) is 0 Å². The minimum absolute atomic E-state index is 0.559. The minimum atomic E-state index is 0.559. The predicted molar refractivity (Wildman–Crippen MR) is 81.9 cm³/mol. The maximum Gasteiger partial charge on any atom is 0.169 e. The fourth-order valence-electron chi connectivity index (χ4n) is 2.61. The van der Waals surface area contributed by atoms with E-state index < -0.39 is 0 Å². The summed E-state index contributed by atoms with van der Waals surface area (Å²) in [7, 11) is 0. The number of nitrogens with one attached hydrogen (secondary N) is 1. The van der Waals surface area contributed by atoms with E-state index >= 15 is 0 Å². The second kappa shape index (κ2) is 7.34. The van der Waals surface area contributed by atoms with Crippen molar-refractivity contribution in [3.8, 4) is 0 Å². The van der Waals surface area contributed by atoms with Crippen LogP contribution in [0, 0.1) is 0 Å². The third-order valence-electron chi connectivity index (χ3n) is 3.60. The highest BCUT2D eigenvalue weighted by Crippen LogP contribution is 2.22. The van der Waals surface area contributed by atoms with E-state index in [0.717, 1.165) is 17.4 Å². The molecule has 1 fully saturated rings. The normalized spacial score (nSPS) is 16.0. The first-order valence-electron chi connectivity index (χ1n) is 6.99. The van der Waals surface area contributed by atoms with Gasteiger partial charge in [0.25, 0.3) is 0 Å². The van der Waals surface area contributed by atoms with Crippen LogP contribution >= 0.6 is 12.2 Å². The minimum Gasteiger partial charge on any atom is -0.467 e. The maximum atomic E-state index is 5.52. The summed E-state index contributed by atoms with van der Waals surface area (Å²) in [4.78, 5) is 2.27. The van der Waals surface area contributed by atoms with Gasteiger partial charge in [0.15, 0.2) is 5.11 Å². The summed E-state index contributed by atoms with van der Waals surface area (Å²) >= 11 is 5.52. The largest absolute Gasteiger partial charge is 0.467 e. The van der Waals surface area contributed by atoms with Crippen LogP contribution in [0.15, 0.2) is 35.5 Å². The summed E-state index contributed by atoms with van der Waals surface area (Å²) < 4.78 is 5.31. The van der Waals surface area contributed by atoms with Crippen LogP contribution in [0.3, 0.4) is 0 Å². The highest BCUT2D eigenvalue weighted by atomic mass is 32.1. The van der Waals surface area contributed by atoms with Gasteiger partial charge < -0.3 is 14.6 Å². The molecular weight excluding hydrogens is 256 g/mol. The third kappa shape index (κ3) is 4.10. The second-order valence-corrected chi connectivity index (χ2v) is 5.36. The van der Waals surface area contributed by atoms with Crippen LogP contribution in [0.4, 0.5) is 0 Å². The fourth-order valence-corrected chi connectivity index (χ4v) is 2.90. The molecule has 1 aromatic rings. The van der Waals surface area contributed by atoms with E-state index in [9.17, 15) is 0 Å². The molecule has 0 unspecified atom stereocenters. The van der Waals surface area contributed by atoms with Crippen molar-refractivity contribution < 1.29 is 4.42 Å². The summed E-state index contributed by atoms with van der Waals surface area (Å²) in [5.41, 5.74) is 0. The van der Waals surface area contributed by atoms with Crippen LogP contribution in [-0.4, -0.2) is 22.6 Å². The average molecular weight is 278 g/mol. The van der Waals surface area contributed by atoms with Gasteiger partial charge >= 0.3 is 0 Å². The lowest BCUT2D eigenvalue weighted by molar-refractivity contribution is 0.257. The van der Waals surface area contributed by atoms with Gasteiger partial charge in [-0.1, -0.05) is 25.3 Å². The van der Waals surface area contributed by atoms with E-state index in [0.29, 0.717) is 12.6 Å². The highest BCUT2D eigenvalue weighted by molar-refractivity contribution is 7.80. The van der Waals surface area contributed by atoms with E-state index in [1.807, 2.05) is 18.2 Å². The van der Waals surface area contributed by atoms with Gasteiger partial charge in [-0.15, -0.1) is 6.58 Å². The molecule has 0 radical (unpaired) electrons. The lowest BCUT2D eigenvalue weighted by Crippen LogP contribution is -2.46. The molecule has 19 heavy (non-hydrogen) atoms. The van der Waals surface area contributed by atoms with Crippen molar-refractivity contribution in [1.82, 2.24) is 10.2 Å². The molecule has 0 spiro atoms. The van der Waals surface area contributed by atoms with Crippen molar-refractivity contribution in [3.05, 3.63) is 36.8 Å². The van der Waals surface area contributed by atoms with Crippen LogP contribution in [0.2, 0.25) is 0 Å². The Kier molecular flexibility index (Phi) is 5.45. The van der Waals surface area contributed by atoms with Crippen molar-refractivity contribution in [2.24, 2.45) is 0 Å². The lowest BCUT2D eigenvalue weighted by Gasteiger charge is -2.35. The molecule has 0 atom stereocenters. The van der Waals surface area contributed by atoms with E-state index in [2.05, 4.69) is 16.8 Å². The van der Waals surface area contributed by atoms with E-state index in [1.165, 1.54) is 32.1 Å². The summed E-state index contributed by atoms with van der Waals surface area (Å²) in [6.45, 7) is 5.30. The Hall–Kier alpha value is -1.29. The standard InChI is InChI=1S/C15H22N2OS/c1-2-10-17(13-7-4-3-5-8-13)15(19)16-12-14-9-6-11-18-14/h2,6,9,11,13H,1,3-5,7-8,10,12H2,(H,16,19). The molecule has 1 aromatic heterocycles. The summed E-state index contributed by atoms with van der Waals surface area (Å²) in [5.74, 6) is 0.907. The number of hydrogen-bond donors (Lipinski definition) is 1. The zero-order chi connectivity index (χ0) is 13.5. The van der Waals surface area contributed by atoms with Gasteiger partial charge in [0.1, 0.15) is 5.76 Å². The molecule has 0 aliphatic heterocycles. The maximum absolute atomic E-state index is 5.52. The van der Waals surface area contributed by atoms with Crippen LogP contribution < -0.4 is 5.32 Å². The smallest absolute Gasteiger partial charge is 0.169 e. The van der Waals surface area contributed by atoms with Crippen molar-refractivity contribution in [1.29, 1.82) is 0 Å². The first-order valence-corrected chi connectivity index (χ1v) is 7.40. The second-order valence-electron chi connectivity index (χ2n) is 4.97. The van der Waals surface area contributed by atoms with Crippen molar-refractivity contribution in [2.75, 3.05) is 6.54 Å². The molecule has 1 aliphatic carbocycles. The quantitative estimate of drug-likeness (QED) is 0.659. The van der Waals surface area contributed by atoms with E-state index in [1.54, 1.807) is 6.26 Å². The van der Waals surface area contributed by atoms with Gasteiger partial charge in [-0.05, 0) is 37.2 Å². The van der Waals surface area contributed by atoms with Crippen molar-refractivity contribution >= 4 is 17.3 Å².